The van der Waals surface area contributed by atoms with Crippen LogP contribution in [0.1, 0.15) is 17.3 Å². The van der Waals surface area contributed by atoms with Crippen LogP contribution in [0.5, 0.6) is 0 Å². The molecule has 2 aliphatic rings. The zero-order valence-electron chi connectivity index (χ0n) is 13.8. The fraction of sp³-hybridized carbons (Fsp3) is 0.611. The zero-order chi connectivity index (χ0) is 15.7. The Labute approximate surface area is 133 Å². The summed E-state index contributed by atoms with van der Waals surface area (Å²) in [7, 11) is 4.12. The maximum Gasteiger partial charge on any atom is 0.253 e. The Hall–Kier alpha value is -1.39. The molecule has 1 amide bonds. The first-order valence-corrected chi connectivity index (χ1v) is 8.09. The van der Waals surface area contributed by atoms with Crippen LogP contribution in [0.4, 0.5) is 0 Å². The second-order valence-corrected chi connectivity index (χ2v) is 7.15. The van der Waals surface area contributed by atoms with Crippen molar-refractivity contribution in [2.24, 2.45) is 17.3 Å². The van der Waals surface area contributed by atoms with Crippen LogP contribution in [0.3, 0.4) is 0 Å². The lowest BCUT2D eigenvalue weighted by atomic mass is 10.0. The van der Waals surface area contributed by atoms with Crippen molar-refractivity contribution < 1.29 is 9.53 Å². The molecule has 4 heteroatoms. The van der Waals surface area contributed by atoms with Crippen LogP contribution in [0.15, 0.2) is 30.3 Å². The Morgan fingerprint density at radius 2 is 1.91 bits per heavy atom. The first-order valence-electron chi connectivity index (χ1n) is 8.09. The lowest BCUT2D eigenvalue weighted by Gasteiger charge is -2.24. The molecule has 1 saturated heterocycles. The van der Waals surface area contributed by atoms with Crippen LogP contribution in [-0.2, 0) is 4.74 Å². The van der Waals surface area contributed by atoms with E-state index >= 15 is 0 Å². The molecule has 1 heterocycles. The molecule has 2 atom stereocenters. The molecule has 1 aliphatic carbocycles. The summed E-state index contributed by atoms with van der Waals surface area (Å²) in [6, 6.07) is 9.59. The smallest absolute Gasteiger partial charge is 0.253 e. The highest BCUT2D eigenvalue weighted by atomic mass is 16.5. The van der Waals surface area contributed by atoms with Crippen molar-refractivity contribution in [3.05, 3.63) is 35.9 Å². The predicted molar refractivity (Wildman–Crippen MR) is 86.8 cm³/mol. The number of likely N-dealkylation sites (tertiary alicyclic amines) is 1. The van der Waals surface area contributed by atoms with Gasteiger partial charge < -0.3 is 14.5 Å². The predicted octanol–water partition coefficient (Wildman–Crippen LogP) is 1.97. The van der Waals surface area contributed by atoms with Crippen LogP contribution in [-0.4, -0.2) is 62.7 Å². The summed E-state index contributed by atoms with van der Waals surface area (Å²) in [4.78, 5) is 16.6. The number of nitrogens with zero attached hydrogens (tertiary/aromatic N) is 2. The maximum absolute atomic E-state index is 12.4. The van der Waals surface area contributed by atoms with Gasteiger partial charge in [-0.1, -0.05) is 25.1 Å². The van der Waals surface area contributed by atoms with Crippen LogP contribution in [0.25, 0.3) is 0 Å². The number of hydrogen-bond acceptors (Lipinski definition) is 3. The molecule has 2 fully saturated rings. The first kappa shape index (κ1) is 15.5. The zero-order valence-corrected chi connectivity index (χ0v) is 13.8. The molecule has 2 unspecified atom stereocenters. The van der Waals surface area contributed by atoms with Gasteiger partial charge in [-0.3, -0.25) is 4.79 Å². The number of carbonyl (C=O) groups excluding carboxylic acids is 1. The third-order valence-corrected chi connectivity index (χ3v) is 5.31. The van der Waals surface area contributed by atoms with Crippen molar-refractivity contribution in [1.29, 1.82) is 0 Å². The third kappa shape index (κ3) is 2.90. The van der Waals surface area contributed by atoms with Gasteiger partial charge in [-0.2, -0.15) is 0 Å². The highest BCUT2D eigenvalue weighted by Crippen LogP contribution is 2.62. The third-order valence-electron chi connectivity index (χ3n) is 5.31. The molecule has 3 rings (SSSR count). The minimum Gasteiger partial charge on any atom is -0.380 e. The van der Waals surface area contributed by atoms with Gasteiger partial charge in [0.2, 0.25) is 0 Å². The molecule has 120 valence electrons. The lowest BCUT2D eigenvalue weighted by molar-refractivity contribution is 0.0572. The van der Waals surface area contributed by atoms with Gasteiger partial charge in [0.25, 0.3) is 5.91 Å². The van der Waals surface area contributed by atoms with Gasteiger partial charge in [-0.05, 0) is 38.1 Å². The van der Waals surface area contributed by atoms with Crippen molar-refractivity contribution in [2.75, 3.05) is 46.9 Å². The molecule has 4 nitrogen and oxygen atoms in total. The van der Waals surface area contributed by atoms with Crippen molar-refractivity contribution >= 4 is 5.91 Å². The van der Waals surface area contributed by atoms with E-state index in [1.54, 1.807) is 0 Å². The quantitative estimate of drug-likeness (QED) is 0.753. The van der Waals surface area contributed by atoms with E-state index in [9.17, 15) is 4.79 Å². The highest BCUT2D eigenvalue weighted by molar-refractivity contribution is 5.94. The Balaban J connectivity index is 1.47. The molecule has 1 aromatic rings. The van der Waals surface area contributed by atoms with Gasteiger partial charge >= 0.3 is 0 Å². The molecule has 0 N–H and O–H groups in total. The Bertz CT molecular complexity index is 517. The molecular formula is C18H26N2O2. The summed E-state index contributed by atoms with van der Waals surface area (Å²) in [6.07, 6.45) is 0. The fourth-order valence-corrected chi connectivity index (χ4v) is 3.67. The topological polar surface area (TPSA) is 32.8 Å². The second-order valence-electron chi connectivity index (χ2n) is 7.15. The second kappa shape index (κ2) is 6.01. The number of fused-ring (bicyclic) bond motifs is 1. The molecule has 0 spiro atoms. The van der Waals surface area contributed by atoms with Gasteiger partial charge in [0.1, 0.15) is 0 Å². The summed E-state index contributed by atoms with van der Waals surface area (Å²) in [5.74, 6) is 1.39. The van der Waals surface area contributed by atoms with Crippen LogP contribution < -0.4 is 0 Å². The van der Waals surface area contributed by atoms with E-state index in [2.05, 4.69) is 25.9 Å². The molecule has 0 aromatic heterocycles. The van der Waals surface area contributed by atoms with Crippen LogP contribution in [0, 0.1) is 17.3 Å². The number of likely N-dealkylation sites (N-methyl/N-ethyl adjacent to an activating group) is 1. The van der Waals surface area contributed by atoms with Crippen LogP contribution in [0.2, 0.25) is 0 Å². The maximum atomic E-state index is 12.4. The van der Waals surface area contributed by atoms with Crippen molar-refractivity contribution in [1.82, 2.24) is 9.80 Å². The summed E-state index contributed by atoms with van der Waals surface area (Å²) in [5.41, 5.74) is 1.08. The van der Waals surface area contributed by atoms with E-state index in [1.165, 1.54) is 0 Å². The summed E-state index contributed by atoms with van der Waals surface area (Å²) in [6.45, 7) is 6.64. The number of carbonyl (C=O) groups is 1. The van der Waals surface area contributed by atoms with Gasteiger partial charge in [-0.15, -0.1) is 0 Å². The average Bonchev–Trinajstić information content (AvgIpc) is 2.90. The van der Waals surface area contributed by atoms with Crippen molar-refractivity contribution in [3.63, 3.8) is 0 Å². The molecular weight excluding hydrogens is 276 g/mol. The first-order chi connectivity index (χ1) is 10.5. The highest BCUT2D eigenvalue weighted by Gasteiger charge is 2.65. The van der Waals surface area contributed by atoms with Gasteiger partial charge in [0, 0.05) is 30.6 Å². The monoisotopic (exact) mass is 302 g/mol. The summed E-state index contributed by atoms with van der Waals surface area (Å²) in [5, 5.41) is 0. The number of ether oxygens (including phenoxy) is 1. The van der Waals surface area contributed by atoms with Gasteiger partial charge in [-0.25, -0.2) is 0 Å². The standard InChI is InChI=1S/C18H26N2O2/c1-18(13-22-10-9-19(2)3)15-11-20(12-16(15)18)17(21)14-7-5-4-6-8-14/h4-8,15-16H,9-13H2,1-3H3. The molecule has 1 aromatic carbocycles. The van der Waals surface area contributed by atoms with E-state index in [4.69, 9.17) is 4.74 Å². The number of amides is 1. The van der Waals surface area contributed by atoms with E-state index in [-0.39, 0.29) is 11.3 Å². The largest absolute Gasteiger partial charge is 0.380 e. The number of piperidine rings is 1. The normalized spacial score (nSPS) is 29.7. The summed E-state index contributed by atoms with van der Waals surface area (Å²) >= 11 is 0. The minimum absolute atomic E-state index is 0.170. The van der Waals surface area contributed by atoms with E-state index in [0.29, 0.717) is 11.8 Å². The summed E-state index contributed by atoms with van der Waals surface area (Å²) < 4.78 is 5.84. The Morgan fingerprint density at radius 3 is 2.50 bits per heavy atom. The number of hydrogen-bond donors (Lipinski definition) is 0. The Morgan fingerprint density at radius 1 is 1.27 bits per heavy atom. The molecule has 0 radical (unpaired) electrons. The molecule has 1 saturated carbocycles. The van der Waals surface area contributed by atoms with Crippen molar-refractivity contribution in [3.8, 4) is 0 Å². The van der Waals surface area contributed by atoms with E-state index < -0.39 is 0 Å². The fourth-order valence-electron chi connectivity index (χ4n) is 3.67. The molecule has 0 bridgehead atoms. The van der Waals surface area contributed by atoms with Gasteiger partial charge in [0.05, 0.1) is 13.2 Å². The number of benzene rings is 1. The number of rotatable bonds is 6. The van der Waals surface area contributed by atoms with Crippen LogP contribution >= 0.6 is 0 Å². The van der Waals surface area contributed by atoms with E-state index in [0.717, 1.165) is 38.4 Å². The van der Waals surface area contributed by atoms with Gasteiger partial charge in [0.15, 0.2) is 0 Å². The average molecular weight is 302 g/mol. The van der Waals surface area contributed by atoms with Crippen molar-refractivity contribution in [2.45, 2.75) is 6.92 Å². The molecule has 22 heavy (non-hydrogen) atoms. The molecule has 1 aliphatic heterocycles. The lowest BCUT2D eigenvalue weighted by Crippen LogP contribution is -2.34. The SMILES string of the molecule is CN(C)CCOCC1(C)C2CN(C(=O)c3ccccc3)CC21. The Kier molecular flexibility index (Phi) is 4.24. The minimum atomic E-state index is 0.170. The van der Waals surface area contributed by atoms with E-state index in [1.807, 2.05) is 35.2 Å².